The number of halogens is 1. The van der Waals surface area contributed by atoms with Gasteiger partial charge in [0, 0.05) is 17.8 Å². The molecule has 4 rings (SSSR count). The molecule has 1 aromatic heterocycles. The minimum absolute atomic E-state index is 0.205. The zero-order chi connectivity index (χ0) is 21.6. The van der Waals surface area contributed by atoms with E-state index in [-0.39, 0.29) is 5.91 Å². The molecule has 1 N–H and O–H groups in total. The van der Waals surface area contributed by atoms with Crippen LogP contribution in [0.1, 0.15) is 27.0 Å². The molecule has 0 aliphatic rings. The number of rotatable bonds is 7. The van der Waals surface area contributed by atoms with E-state index in [4.69, 9.17) is 4.74 Å². The summed E-state index contributed by atoms with van der Waals surface area (Å²) in [5, 5.41) is 7.35. The van der Waals surface area contributed by atoms with Gasteiger partial charge in [0.1, 0.15) is 12.4 Å². The molecule has 1 heterocycles. The largest absolute Gasteiger partial charge is 0.488 e. The summed E-state index contributed by atoms with van der Waals surface area (Å²) in [7, 11) is 0. The Kier molecular flexibility index (Phi) is 6.48. The molecule has 0 fully saturated rings. The van der Waals surface area contributed by atoms with Crippen LogP contribution in [0.25, 0.3) is 0 Å². The molecule has 0 atom stereocenters. The van der Waals surface area contributed by atoms with Crippen molar-refractivity contribution in [2.75, 3.05) is 5.32 Å². The fraction of sp³-hybridized carbons (Fsp3) is 0.120. The van der Waals surface area contributed by atoms with E-state index in [1.165, 1.54) is 11.1 Å². The lowest BCUT2D eigenvalue weighted by molar-refractivity contribution is 0.102. The van der Waals surface area contributed by atoms with Gasteiger partial charge < -0.3 is 10.1 Å². The number of amides is 1. The number of aryl methyl sites for hydroxylation is 1. The summed E-state index contributed by atoms with van der Waals surface area (Å²) in [6, 6.07) is 25.1. The molecule has 0 bridgehead atoms. The summed E-state index contributed by atoms with van der Waals surface area (Å²) in [4.78, 5) is 12.7. The molecule has 0 unspecified atom stereocenters. The van der Waals surface area contributed by atoms with E-state index >= 15 is 0 Å². The predicted molar refractivity (Wildman–Crippen MR) is 125 cm³/mol. The van der Waals surface area contributed by atoms with Crippen molar-refractivity contribution in [1.82, 2.24) is 9.78 Å². The van der Waals surface area contributed by atoms with E-state index < -0.39 is 0 Å². The van der Waals surface area contributed by atoms with Crippen molar-refractivity contribution in [1.29, 1.82) is 0 Å². The zero-order valence-corrected chi connectivity index (χ0v) is 18.7. The first kappa shape index (κ1) is 20.9. The van der Waals surface area contributed by atoms with Crippen LogP contribution in [-0.2, 0) is 13.2 Å². The highest BCUT2D eigenvalue weighted by molar-refractivity contribution is 9.10. The summed E-state index contributed by atoms with van der Waals surface area (Å²) in [5.41, 5.74) is 3.88. The van der Waals surface area contributed by atoms with E-state index in [0.717, 1.165) is 15.8 Å². The minimum atomic E-state index is -0.205. The summed E-state index contributed by atoms with van der Waals surface area (Å²) in [6.07, 6.45) is 1.87. The SMILES string of the molecule is Cc1ccccc1Cn1ccc(NC(=O)c2cccc(COc3ccccc3Br)c2)n1. The van der Waals surface area contributed by atoms with Crippen LogP contribution in [0.2, 0.25) is 0 Å². The van der Waals surface area contributed by atoms with Gasteiger partial charge in [-0.2, -0.15) is 5.10 Å². The van der Waals surface area contributed by atoms with Gasteiger partial charge in [0.2, 0.25) is 0 Å². The van der Waals surface area contributed by atoms with E-state index in [2.05, 4.69) is 45.4 Å². The van der Waals surface area contributed by atoms with Crippen LogP contribution >= 0.6 is 15.9 Å². The molecule has 5 nitrogen and oxygen atoms in total. The van der Waals surface area contributed by atoms with Crippen molar-refractivity contribution in [3.63, 3.8) is 0 Å². The summed E-state index contributed by atoms with van der Waals surface area (Å²) < 4.78 is 8.56. The number of benzene rings is 3. The fourth-order valence-corrected chi connectivity index (χ4v) is 3.59. The Morgan fingerprint density at radius 2 is 1.84 bits per heavy atom. The average molecular weight is 476 g/mol. The smallest absolute Gasteiger partial charge is 0.256 e. The molecule has 156 valence electrons. The van der Waals surface area contributed by atoms with Gasteiger partial charge in [-0.05, 0) is 63.8 Å². The molecular weight excluding hydrogens is 454 g/mol. The molecule has 4 aromatic rings. The first-order valence-corrected chi connectivity index (χ1v) is 10.7. The third kappa shape index (κ3) is 5.41. The number of ether oxygens (including phenoxy) is 1. The van der Waals surface area contributed by atoms with Crippen LogP contribution < -0.4 is 10.1 Å². The molecule has 6 heteroatoms. The second kappa shape index (κ2) is 9.62. The highest BCUT2D eigenvalue weighted by Crippen LogP contribution is 2.24. The van der Waals surface area contributed by atoms with Gasteiger partial charge in [0.25, 0.3) is 5.91 Å². The predicted octanol–water partition coefficient (Wildman–Crippen LogP) is 5.83. The molecule has 1 amide bonds. The maximum Gasteiger partial charge on any atom is 0.256 e. The van der Waals surface area contributed by atoms with Gasteiger partial charge in [0.15, 0.2) is 5.82 Å². The Balaban J connectivity index is 1.39. The van der Waals surface area contributed by atoms with E-state index in [1.54, 1.807) is 12.1 Å². The third-order valence-electron chi connectivity index (χ3n) is 4.90. The molecule has 31 heavy (non-hydrogen) atoms. The maximum atomic E-state index is 12.7. The highest BCUT2D eigenvalue weighted by atomic mass is 79.9. The molecule has 0 spiro atoms. The maximum absolute atomic E-state index is 12.7. The summed E-state index contributed by atoms with van der Waals surface area (Å²) >= 11 is 3.47. The number of hydrogen-bond acceptors (Lipinski definition) is 3. The normalized spacial score (nSPS) is 10.6. The topological polar surface area (TPSA) is 56.2 Å². The number of carbonyl (C=O) groups is 1. The van der Waals surface area contributed by atoms with Gasteiger partial charge in [0.05, 0.1) is 11.0 Å². The molecule has 0 saturated heterocycles. The number of nitrogens with one attached hydrogen (secondary N) is 1. The average Bonchev–Trinajstić information content (AvgIpc) is 3.22. The van der Waals surface area contributed by atoms with Crippen molar-refractivity contribution in [3.8, 4) is 5.75 Å². The Morgan fingerprint density at radius 3 is 2.68 bits per heavy atom. The van der Waals surface area contributed by atoms with Crippen LogP contribution in [-0.4, -0.2) is 15.7 Å². The van der Waals surface area contributed by atoms with E-state index in [9.17, 15) is 4.79 Å². The number of hydrogen-bond donors (Lipinski definition) is 1. The van der Waals surface area contributed by atoms with Crippen LogP contribution in [0.15, 0.2) is 89.5 Å². The van der Waals surface area contributed by atoms with Crippen molar-refractivity contribution < 1.29 is 9.53 Å². The Bertz CT molecular complexity index is 1200. The minimum Gasteiger partial charge on any atom is -0.488 e. The number of para-hydroxylation sites is 1. The Labute approximate surface area is 189 Å². The lowest BCUT2D eigenvalue weighted by Gasteiger charge is -2.09. The van der Waals surface area contributed by atoms with Gasteiger partial charge in [-0.1, -0.05) is 48.5 Å². The summed E-state index contributed by atoms with van der Waals surface area (Å²) in [6.45, 7) is 3.11. The molecule has 0 aliphatic carbocycles. The van der Waals surface area contributed by atoms with Gasteiger partial charge >= 0.3 is 0 Å². The van der Waals surface area contributed by atoms with Crippen molar-refractivity contribution in [3.05, 3.63) is 112 Å². The number of anilines is 1. The van der Waals surface area contributed by atoms with Crippen molar-refractivity contribution in [2.45, 2.75) is 20.1 Å². The lowest BCUT2D eigenvalue weighted by atomic mass is 10.1. The second-order valence-electron chi connectivity index (χ2n) is 7.20. The fourth-order valence-electron chi connectivity index (χ4n) is 3.19. The Morgan fingerprint density at radius 1 is 1.03 bits per heavy atom. The second-order valence-corrected chi connectivity index (χ2v) is 8.05. The van der Waals surface area contributed by atoms with Crippen LogP contribution in [0, 0.1) is 6.92 Å². The molecule has 3 aromatic carbocycles. The van der Waals surface area contributed by atoms with Crippen molar-refractivity contribution >= 4 is 27.7 Å². The highest BCUT2D eigenvalue weighted by Gasteiger charge is 2.10. The third-order valence-corrected chi connectivity index (χ3v) is 5.55. The van der Waals surface area contributed by atoms with Crippen molar-refractivity contribution in [2.24, 2.45) is 0 Å². The lowest BCUT2D eigenvalue weighted by Crippen LogP contribution is -2.13. The van der Waals surface area contributed by atoms with E-state index in [1.807, 2.05) is 65.5 Å². The standard InChI is InChI=1S/C25H22BrN3O2/c1-18-7-2-3-9-21(18)16-29-14-13-24(28-29)27-25(30)20-10-6-8-19(15-20)17-31-23-12-5-4-11-22(23)26/h2-15H,16-17H2,1H3,(H,27,28,30). The van der Waals surface area contributed by atoms with Gasteiger partial charge in [-0.25, -0.2) is 0 Å². The van der Waals surface area contributed by atoms with Gasteiger partial charge in [-0.3, -0.25) is 9.48 Å². The van der Waals surface area contributed by atoms with Crippen LogP contribution in [0.3, 0.4) is 0 Å². The first-order valence-electron chi connectivity index (χ1n) is 9.94. The first-order chi connectivity index (χ1) is 15.1. The quantitative estimate of drug-likeness (QED) is 0.365. The number of carbonyl (C=O) groups excluding carboxylic acids is 1. The molecule has 0 radical (unpaired) electrons. The molecule has 0 saturated carbocycles. The molecular formula is C25H22BrN3O2. The zero-order valence-electron chi connectivity index (χ0n) is 17.1. The van der Waals surface area contributed by atoms with E-state index in [0.29, 0.717) is 24.5 Å². The Hall–Kier alpha value is -3.38. The van der Waals surface area contributed by atoms with Crippen LogP contribution in [0.5, 0.6) is 5.75 Å². The molecule has 0 aliphatic heterocycles. The van der Waals surface area contributed by atoms with Gasteiger partial charge in [-0.15, -0.1) is 0 Å². The van der Waals surface area contributed by atoms with Crippen LogP contribution in [0.4, 0.5) is 5.82 Å². The summed E-state index contributed by atoms with van der Waals surface area (Å²) in [5.74, 6) is 1.08. The number of aromatic nitrogens is 2. The monoisotopic (exact) mass is 475 g/mol. The number of nitrogens with zero attached hydrogens (tertiary/aromatic N) is 2.